The van der Waals surface area contributed by atoms with Crippen LogP contribution in [0, 0.1) is 46.5 Å². The first kappa shape index (κ1) is 57.4. The lowest BCUT2D eigenvalue weighted by molar-refractivity contribution is -0.141. The summed E-state index contributed by atoms with van der Waals surface area (Å²) in [6, 6.07) is -0.0130. The van der Waals surface area contributed by atoms with E-state index >= 15 is 0 Å². The molecule has 2 aromatic rings. The first-order chi connectivity index (χ1) is 31.5. The summed E-state index contributed by atoms with van der Waals surface area (Å²) in [4.78, 5) is 23.2. The van der Waals surface area contributed by atoms with Crippen LogP contribution in [0.3, 0.4) is 0 Å². The van der Waals surface area contributed by atoms with Crippen molar-refractivity contribution in [2.75, 3.05) is 172 Å². The Bertz CT molecular complexity index is 1430. The van der Waals surface area contributed by atoms with Crippen molar-refractivity contribution in [2.45, 2.75) is 0 Å². The lowest BCUT2D eigenvalue weighted by Crippen LogP contribution is -2.19. The highest BCUT2D eigenvalue weighted by Gasteiger charge is 2.24. The van der Waals surface area contributed by atoms with Crippen LogP contribution in [-0.4, -0.2) is 184 Å². The Morgan fingerprint density at radius 2 is 0.431 bits per heavy atom. The second-order valence-corrected chi connectivity index (χ2v) is 12.4. The zero-order chi connectivity index (χ0) is 47.3. The molecule has 2 rings (SSSR count). The summed E-state index contributed by atoms with van der Waals surface area (Å²) in [5.41, 5.74) is 0. The maximum Gasteiger partial charge on any atom is 0.337 e. The molecule has 0 unspecified atom stereocenters. The topological polar surface area (TPSA) is 173 Å². The predicted molar refractivity (Wildman–Crippen MR) is 204 cm³/mol. The van der Waals surface area contributed by atoms with E-state index in [9.17, 15) is 44.7 Å². The van der Waals surface area contributed by atoms with Gasteiger partial charge in [-0.15, -0.1) is 0 Å². The highest BCUT2D eigenvalue weighted by atomic mass is 19.2. The van der Waals surface area contributed by atoms with Crippen molar-refractivity contribution >= 4 is 11.9 Å². The smallest absolute Gasteiger partial charge is 0.337 e. The Morgan fingerprint density at radius 3 is 0.600 bits per heavy atom. The van der Waals surface area contributed by atoms with Crippen LogP contribution in [-0.2, 0) is 71.2 Å². The van der Waals surface area contributed by atoms with Crippen LogP contribution in [0.5, 0.6) is 11.5 Å². The zero-order valence-corrected chi connectivity index (χ0v) is 35.5. The highest BCUT2D eigenvalue weighted by Crippen LogP contribution is 2.27. The molecule has 372 valence electrons. The molecule has 2 aromatic carbocycles. The Kier molecular flexibility index (Phi) is 33.0. The van der Waals surface area contributed by atoms with Crippen LogP contribution in [0.1, 0.15) is 0 Å². The number of carbonyl (C=O) groups is 2. The number of esters is 2. The molecule has 25 heteroatoms. The van der Waals surface area contributed by atoms with E-state index in [1.165, 1.54) is 0 Å². The van der Waals surface area contributed by atoms with Gasteiger partial charge in [-0.1, -0.05) is 0 Å². The molecule has 0 spiro atoms. The molecular formula is C40H54F8O17. The van der Waals surface area contributed by atoms with E-state index in [-0.39, 0.29) is 65.0 Å². The van der Waals surface area contributed by atoms with Gasteiger partial charge in [0.1, 0.15) is 13.2 Å². The summed E-state index contributed by atoms with van der Waals surface area (Å²) in [6.07, 6.45) is 0. The van der Waals surface area contributed by atoms with Crippen LogP contribution in [0.2, 0.25) is 0 Å². The van der Waals surface area contributed by atoms with Gasteiger partial charge in [-0.25, -0.2) is 27.2 Å². The number of carbonyl (C=O) groups excluding carboxylic acids is 2. The SMILES string of the molecule is O=C(COCCOCCOCCOCCOCCOCCOCCOCCOCCOCCOCCOCCOCC(=O)Oc1c(F)c(F)cc(F)c1F)Oc1c(F)c(F)cc(F)c1F. The molecule has 0 bridgehead atoms. The molecule has 0 aliphatic heterocycles. The lowest BCUT2D eigenvalue weighted by Gasteiger charge is -2.09. The van der Waals surface area contributed by atoms with Crippen molar-refractivity contribution < 1.29 is 116 Å². The van der Waals surface area contributed by atoms with Gasteiger partial charge in [0.25, 0.3) is 0 Å². The number of benzene rings is 2. The van der Waals surface area contributed by atoms with Gasteiger partial charge < -0.3 is 71.1 Å². The second kappa shape index (κ2) is 37.4. The number of halogens is 8. The molecule has 0 atom stereocenters. The van der Waals surface area contributed by atoms with E-state index in [1.54, 1.807) is 0 Å². The molecule has 0 aliphatic rings. The summed E-state index contributed by atoms with van der Waals surface area (Å²) >= 11 is 0. The van der Waals surface area contributed by atoms with Crippen LogP contribution in [0.15, 0.2) is 12.1 Å². The van der Waals surface area contributed by atoms with Crippen LogP contribution in [0.25, 0.3) is 0 Å². The Labute approximate surface area is 369 Å². The van der Waals surface area contributed by atoms with Gasteiger partial charge in [0.2, 0.25) is 34.8 Å². The summed E-state index contributed by atoms with van der Waals surface area (Å²) < 4.78 is 184. The molecule has 0 saturated heterocycles. The number of rotatable bonds is 42. The van der Waals surface area contributed by atoms with Gasteiger partial charge >= 0.3 is 11.9 Å². The van der Waals surface area contributed by atoms with Gasteiger partial charge in [0.05, 0.1) is 159 Å². The van der Waals surface area contributed by atoms with Crippen molar-refractivity contribution in [2.24, 2.45) is 0 Å². The first-order valence-corrected chi connectivity index (χ1v) is 20.1. The molecule has 0 aliphatic carbocycles. The van der Waals surface area contributed by atoms with Crippen molar-refractivity contribution in [3.8, 4) is 11.5 Å². The minimum Gasteiger partial charge on any atom is -0.418 e. The minimum absolute atomic E-state index is 0.00648. The first-order valence-electron chi connectivity index (χ1n) is 20.1. The fourth-order valence-electron chi connectivity index (χ4n) is 4.42. The largest absolute Gasteiger partial charge is 0.418 e. The summed E-state index contributed by atoms with van der Waals surface area (Å²) in [6.45, 7) is 5.52. The van der Waals surface area contributed by atoms with Gasteiger partial charge in [-0.2, -0.15) is 17.6 Å². The quantitative estimate of drug-likeness (QED) is 0.0311. The normalized spacial score (nSPS) is 11.4. The molecule has 0 fully saturated rings. The third-order valence-electron chi connectivity index (χ3n) is 7.48. The molecule has 0 amide bonds. The van der Waals surface area contributed by atoms with Crippen LogP contribution < -0.4 is 9.47 Å². The third kappa shape index (κ3) is 27.5. The average Bonchev–Trinajstić information content (AvgIpc) is 3.28. The zero-order valence-electron chi connectivity index (χ0n) is 35.5. The van der Waals surface area contributed by atoms with E-state index in [2.05, 4.69) is 9.47 Å². The second-order valence-electron chi connectivity index (χ2n) is 12.4. The number of ether oxygens (including phenoxy) is 15. The third-order valence-corrected chi connectivity index (χ3v) is 7.48. The fourth-order valence-corrected chi connectivity index (χ4v) is 4.42. The highest BCUT2D eigenvalue weighted by molar-refractivity contribution is 5.74. The molecule has 0 radical (unpaired) electrons. The monoisotopic (exact) mass is 958 g/mol. The van der Waals surface area contributed by atoms with Gasteiger partial charge in [-0.05, 0) is 0 Å². The summed E-state index contributed by atoms with van der Waals surface area (Å²) in [5, 5.41) is 0. The summed E-state index contributed by atoms with van der Waals surface area (Å²) in [7, 11) is 0. The van der Waals surface area contributed by atoms with Gasteiger partial charge in [0, 0.05) is 12.1 Å². The van der Waals surface area contributed by atoms with Crippen LogP contribution in [0.4, 0.5) is 35.1 Å². The molecule has 0 N–H and O–H groups in total. The molecule has 65 heavy (non-hydrogen) atoms. The van der Waals surface area contributed by atoms with Crippen LogP contribution >= 0.6 is 0 Å². The maximum atomic E-state index is 13.5. The van der Waals surface area contributed by atoms with Gasteiger partial charge in [0.15, 0.2) is 23.3 Å². The van der Waals surface area contributed by atoms with E-state index in [1.807, 2.05) is 0 Å². The van der Waals surface area contributed by atoms with Crippen molar-refractivity contribution in [1.82, 2.24) is 0 Å². The van der Waals surface area contributed by atoms with Crippen molar-refractivity contribution in [3.05, 3.63) is 58.7 Å². The van der Waals surface area contributed by atoms with Crippen molar-refractivity contribution in [1.29, 1.82) is 0 Å². The number of hydrogen-bond donors (Lipinski definition) is 0. The minimum atomic E-state index is -1.83. The van der Waals surface area contributed by atoms with Gasteiger partial charge in [-0.3, -0.25) is 0 Å². The fraction of sp³-hybridized carbons (Fsp3) is 0.650. The summed E-state index contributed by atoms with van der Waals surface area (Å²) in [5.74, 6) is -19.6. The van der Waals surface area contributed by atoms with Crippen molar-refractivity contribution in [3.63, 3.8) is 0 Å². The maximum absolute atomic E-state index is 13.5. The Balaban J connectivity index is 1.19. The molecule has 0 aromatic heterocycles. The molecular weight excluding hydrogens is 904 g/mol. The molecule has 0 saturated carbocycles. The lowest BCUT2D eigenvalue weighted by atomic mass is 10.3. The Hall–Kier alpha value is -3.70. The molecule has 0 heterocycles. The van der Waals surface area contributed by atoms with E-state index in [0.717, 1.165) is 0 Å². The number of hydrogen-bond acceptors (Lipinski definition) is 17. The average molecular weight is 959 g/mol. The predicted octanol–water partition coefficient (Wildman–Crippen LogP) is 3.53. The molecule has 17 nitrogen and oxygen atoms in total. The Morgan fingerprint density at radius 1 is 0.277 bits per heavy atom. The van der Waals surface area contributed by atoms with E-state index in [4.69, 9.17) is 61.6 Å². The van der Waals surface area contributed by atoms with E-state index < -0.39 is 83.2 Å². The van der Waals surface area contributed by atoms with E-state index in [0.29, 0.717) is 106 Å². The standard InChI is InChI=1S/C40H54F8O17/c41-29-25-30(42)36(46)39(35(29)45)64-33(49)27-62-23-21-60-19-17-58-15-13-56-11-9-54-7-5-52-3-1-51-2-4-53-6-8-55-10-12-57-14-16-59-18-20-61-22-24-63-28-34(50)65-40-37(47)31(43)26-32(44)38(40)48/h25-26H,1-24,27-28H2.